The van der Waals surface area contributed by atoms with E-state index in [1.165, 1.54) is 0 Å². The first-order valence-electron chi connectivity index (χ1n) is 4.27. The predicted octanol–water partition coefficient (Wildman–Crippen LogP) is 3.05. The van der Waals surface area contributed by atoms with Crippen LogP contribution in [-0.4, -0.2) is 17.3 Å². The Morgan fingerprint density at radius 3 is 2.53 bits per heavy atom. The fraction of sp³-hybridized carbons (Fsp3) is 0.222. The lowest BCUT2D eigenvalue weighted by molar-refractivity contribution is -0.386. The molecule has 0 atom stereocenters. The molecule has 0 saturated heterocycles. The number of halogens is 3. The predicted molar refractivity (Wildman–Crippen MR) is 54.7 cm³/mol. The molecule has 0 aliphatic carbocycles. The summed E-state index contributed by atoms with van der Waals surface area (Å²) >= 11 is 5.51. The van der Waals surface area contributed by atoms with Gasteiger partial charge in [0.25, 0.3) is 0 Å². The molecule has 5 nitrogen and oxygen atoms in total. The highest BCUT2D eigenvalue weighted by Gasteiger charge is 2.27. The van der Waals surface area contributed by atoms with E-state index in [9.17, 15) is 23.7 Å². The van der Waals surface area contributed by atoms with E-state index in [-0.39, 0.29) is 10.6 Å². The van der Waals surface area contributed by atoms with E-state index in [4.69, 9.17) is 11.6 Å². The Hall–Kier alpha value is -1.76. The first-order valence-corrected chi connectivity index (χ1v) is 4.65. The maximum atomic E-state index is 12.1. The summed E-state index contributed by atoms with van der Waals surface area (Å²) in [7, 11) is 0. The largest absolute Gasteiger partial charge is 0.427 e. The van der Waals surface area contributed by atoms with E-state index in [0.717, 1.165) is 19.1 Å². The summed E-state index contributed by atoms with van der Waals surface area (Å²) in [5, 5.41) is 10.3. The van der Waals surface area contributed by atoms with Crippen molar-refractivity contribution in [3.8, 4) is 5.75 Å². The molecular formula is C9H6ClF2NO4. The van der Waals surface area contributed by atoms with Crippen LogP contribution >= 0.6 is 11.6 Å². The van der Waals surface area contributed by atoms with Crippen molar-refractivity contribution in [2.45, 2.75) is 13.5 Å². The summed E-state index contributed by atoms with van der Waals surface area (Å²) in [4.78, 5) is 20.8. The molecule has 1 rings (SSSR count). The molecule has 0 N–H and O–H groups in total. The van der Waals surface area contributed by atoms with Crippen LogP contribution in [0.15, 0.2) is 12.1 Å². The zero-order valence-corrected chi connectivity index (χ0v) is 9.20. The Balaban J connectivity index is 3.49. The van der Waals surface area contributed by atoms with Crippen LogP contribution in [0.1, 0.15) is 17.3 Å². The van der Waals surface area contributed by atoms with Crippen molar-refractivity contribution in [2.75, 3.05) is 0 Å². The molecule has 0 bridgehead atoms. The third-order valence-corrected chi connectivity index (χ3v) is 2.16. The van der Waals surface area contributed by atoms with Gasteiger partial charge in [0.1, 0.15) is 5.02 Å². The number of nitrogens with zero attached hydrogens (tertiary/aromatic N) is 1. The Morgan fingerprint density at radius 1 is 1.53 bits per heavy atom. The van der Waals surface area contributed by atoms with Gasteiger partial charge in [-0.05, 0) is 19.1 Å². The van der Waals surface area contributed by atoms with Crippen LogP contribution in [0.2, 0.25) is 5.02 Å². The van der Waals surface area contributed by atoms with Crippen molar-refractivity contribution in [1.29, 1.82) is 0 Å². The minimum absolute atomic E-state index is 0.318. The highest BCUT2D eigenvalue weighted by atomic mass is 35.5. The number of Topliss-reactive ketones (excluding diaryl/α,β-unsaturated/α-hetero) is 1. The quantitative estimate of drug-likeness (QED) is 0.477. The van der Waals surface area contributed by atoms with Crippen LogP contribution in [0.4, 0.5) is 14.5 Å². The van der Waals surface area contributed by atoms with Crippen molar-refractivity contribution in [2.24, 2.45) is 0 Å². The number of alkyl halides is 2. The van der Waals surface area contributed by atoms with E-state index >= 15 is 0 Å². The van der Waals surface area contributed by atoms with E-state index in [1.807, 2.05) is 0 Å². The minimum Gasteiger partial charge on any atom is -0.427 e. The lowest BCUT2D eigenvalue weighted by Crippen LogP contribution is -2.09. The van der Waals surface area contributed by atoms with Gasteiger partial charge in [0.05, 0.1) is 10.5 Å². The number of carbonyl (C=O) groups is 1. The van der Waals surface area contributed by atoms with Gasteiger partial charge in [-0.1, -0.05) is 11.6 Å². The van der Waals surface area contributed by atoms with Crippen molar-refractivity contribution < 1.29 is 23.2 Å². The molecule has 0 aromatic heterocycles. The van der Waals surface area contributed by atoms with Crippen LogP contribution in [0, 0.1) is 10.1 Å². The second-order valence-electron chi connectivity index (χ2n) is 2.96. The smallest absolute Gasteiger partial charge is 0.387 e. The van der Waals surface area contributed by atoms with Gasteiger partial charge in [-0.25, -0.2) is 0 Å². The SMILES string of the molecule is CC(=O)c1ccc(Cl)c([N+](=O)[O-])c1OC(F)F. The van der Waals surface area contributed by atoms with Crippen LogP contribution in [-0.2, 0) is 0 Å². The monoisotopic (exact) mass is 265 g/mol. The fourth-order valence-corrected chi connectivity index (χ4v) is 1.42. The van der Waals surface area contributed by atoms with Crippen LogP contribution in [0.25, 0.3) is 0 Å². The van der Waals surface area contributed by atoms with Gasteiger partial charge in [-0.3, -0.25) is 14.9 Å². The van der Waals surface area contributed by atoms with Crippen molar-refractivity contribution in [3.63, 3.8) is 0 Å². The van der Waals surface area contributed by atoms with Crippen LogP contribution < -0.4 is 4.74 Å². The topological polar surface area (TPSA) is 69.4 Å². The molecule has 0 amide bonds. The summed E-state index contributed by atoms with van der Waals surface area (Å²) in [6, 6.07) is 2.17. The number of ketones is 1. The van der Waals surface area contributed by atoms with E-state index in [2.05, 4.69) is 4.74 Å². The van der Waals surface area contributed by atoms with Crippen LogP contribution in [0.3, 0.4) is 0 Å². The Kier molecular flexibility index (Phi) is 3.95. The Labute approximate surface area is 99.1 Å². The highest BCUT2D eigenvalue weighted by Crippen LogP contribution is 2.38. The fourth-order valence-electron chi connectivity index (χ4n) is 1.20. The van der Waals surface area contributed by atoms with Crippen molar-refractivity contribution in [1.82, 2.24) is 0 Å². The number of nitro benzene ring substituents is 1. The second kappa shape index (κ2) is 5.05. The number of carbonyl (C=O) groups excluding carboxylic acids is 1. The first kappa shape index (κ1) is 13.3. The van der Waals surface area contributed by atoms with Crippen molar-refractivity contribution in [3.05, 3.63) is 32.8 Å². The molecule has 8 heteroatoms. The maximum absolute atomic E-state index is 12.1. The van der Waals surface area contributed by atoms with E-state index in [0.29, 0.717) is 0 Å². The number of rotatable bonds is 4. The molecular weight excluding hydrogens is 260 g/mol. The molecule has 17 heavy (non-hydrogen) atoms. The van der Waals surface area contributed by atoms with Gasteiger partial charge < -0.3 is 4.74 Å². The molecule has 0 heterocycles. The summed E-state index contributed by atoms with van der Waals surface area (Å²) in [5.41, 5.74) is -1.17. The zero-order chi connectivity index (χ0) is 13.2. The number of benzene rings is 1. The Morgan fingerprint density at radius 2 is 2.12 bits per heavy atom. The lowest BCUT2D eigenvalue weighted by Gasteiger charge is -2.09. The number of nitro groups is 1. The van der Waals surface area contributed by atoms with Gasteiger partial charge in [0.2, 0.25) is 5.75 Å². The number of hydrogen-bond acceptors (Lipinski definition) is 4. The molecule has 92 valence electrons. The molecule has 1 aromatic rings. The third-order valence-electron chi connectivity index (χ3n) is 1.85. The van der Waals surface area contributed by atoms with Crippen molar-refractivity contribution >= 4 is 23.1 Å². The summed E-state index contributed by atoms with van der Waals surface area (Å²) in [5.74, 6) is -1.45. The highest BCUT2D eigenvalue weighted by molar-refractivity contribution is 6.33. The molecule has 0 spiro atoms. The van der Waals surface area contributed by atoms with E-state index < -0.39 is 28.8 Å². The average molecular weight is 266 g/mol. The first-order chi connectivity index (χ1) is 7.84. The zero-order valence-electron chi connectivity index (χ0n) is 8.45. The normalized spacial score (nSPS) is 10.4. The average Bonchev–Trinajstić information content (AvgIpc) is 2.15. The standard InChI is InChI=1S/C9H6ClF2NO4/c1-4(14)5-2-3-6(10)7(13(15)16)8(5)17-9(11)12/h2-3,9H,1H3. The molecule has 0 fully saturated rings. The molecule has 0 saturated carbocycles. The molecule has 0 aliphatic heterocycles. The summed E-state index contributed by atoms with van der Waals surface area (Å²) < 4.78 is 28.3. The van der Waals surface area contributed by atoms with Gasteiger partial charge >= 0.3 is 12.3 Å². The van der Waals surface area contributed by atoms with Crippen LogP contribution in [0.5, 0.6) is 5.75 Å². The molecule has 0 aliphatic rings. The number of hydrogen-bond donors (Lipinski definition) is 0. The van der Waals surface area contributed by atoms with E-state index in [1.54, 1.807) is 0 Å². The second-order valence-corrected chi connectivity index (χ2v) is 3.37. The van der Waals surface area contributed by atoms with Gasteiger partial charge in [0, 0.05) is 0 Å². The molecule has 0 radical (unpaired) electrons. The van der Waals surface area contributed by atoms with Gasteiger partial charge in [-0.2, -0.15) is 8.78 Å². The molecule has 1 aromatic carbocycles. The maximum Gasteiger partial charge on any atom is 0.387 e. The van der Waals surface area contributed by atoms with Gasteiger partial charge in [0.15, 0.2) is 5.78 Å². The summed E-state index contributed by atoms with van der Waals surface area (Å²) in [6.45, 7) is -2.21. The number of ether oxygens (including phenoxy) is 1. The third kappa shape index (κ3) is 2.88. The lowest BCUT2D eigenvalue weighted by atomic mass is 10.1. The van der Waals surface area contributed by atoms with Gasteiger partial charge in [-0.15, -0.1) is 0 Å². The minimum atomic E-state index is -3.29. The Bertz CT molecular complexity index is 478. The summed E-state index contributed by atoms with van der Waals surface area (Å²) in [6.07, 6.45) is 0. The molecule has 0 unspecified atom stereocenters.